The Balaban J connectivity index is 1.04. The summed E-state index contributed by atoms with van der Waals surface area (Å²) in [5, 5.41) is 5.38. The Hall–Kier alpha value is -3.22. The Morgan fingerprint density at radius 3 is 2.23 bits per heavy atom. The van der Waals surface area contributed by atoms with Gasteiger partial charge < -0.3 is 19.9 Å². The number of piperazine rings is 1. The third kappa shape index (κ3) is 7.84. The molecule has 1 atom stereocenters. The second kappa shape index (κ2) is 13.2. The van der Waals surface area contributed by atoms with Crippen LogP contribution in [0.2, 0.25) is 0 Å². The van der Waals surface area contributed by atoms with Gasteiger partial charge in [0.1, 0.15) is 11.6 Å². The number of alkyl carbamates (subject to hydrolysis) is 1. The molecule has 3 saturated heterocycles. The van der Waals surface area contributed by atoms with E-state index in [2.05, 4.69) is 31.4 Å². The number of imide groups is 1. The quantitative estimate of drug-likeness (QED) is 0.442. The van der Waals surface area contributed by atoms with Crippen LogP contribution in [0.3, 0.4) is 0 Å². The molecule has 0 radical (unpaired) electrons. The zero-order chi connectivity index (χ0) is 30.7. The maximum atomic E-state index is 13.1. The summed E-state index contributed by atoms with van der Waals surface area (Å²) in [6, 6.07) is 5.55. The monoisotopic (exact) mass is 597 g/mol. The summed E-state index contributed by atoms with van der Waals surface area (Å²) in [6.07, 6.45) is 3.30. The van der Waals surface area contributed by atoms with Gasteiger partial charge in [0.05, 0.1) is 11.0 Å². The van der Waals surface area contributed by atoms with Gasteiger partial charge in [0, 0.05) is 65.3 Å². The Morgan fingerprint density at radius 1 is 0.930 bits per heavy atom. The molecule has 0 spiro atoms. The molecular formula is C31H47N7O5. The number of imidazole rings is 1. The predicted molar refractivity (Wildman–Crippen MR) is 164 cm³/mol. The minimum atomic E-state index is -0.666. The van der Waals surface area contributed by atoms with Crippen molar-refractivity contribution < 1.29 is 19.1 Å². The fourth-order valence-electron chi connectivity index (χ4n) is 6.46. The average molecular weight is 598 g/mol. The van der Waals surface area contributed by atoms with Crippen LogP contribution in [-0.2, 0) is 27.9 Å². The standard InChI is InChI=1S/C31H47N7O5/c1-31(2,3)43-29(41)32-23-10-14-35(15-11-23)12-5-13-36-16-18-37(19-17-36)21-22-6-7-24-26(20-22)34(4)30(42)38(24)25-8-9-27(39)33-28(25)40/h6-7,20,23,25H,5,8-19,21H2,1-4H3,(H,32,41)(H,33,39,40). The maximum Gasteiger partial charge on any atom is 0.407 e. The van der Waals surface area contributed by atoms with E-state index in [1.165, 1.54) is 4.57 Å². The van der Waals surface area contributed by atoms with Crippen LogP contribution in [0.25, 0.3) is 11.0 Å². The third-order valence-corrected chi connectivity index (χ3v) is 8.80. The number of piperidine rings is 2. The first-order valence-corrected chi connectivity index (χ1v) is 15.7. The number of nitrogens with zero attached hydrogens (tertiary/aromatic N) is 5. The topological polar surface area (TPSA) is 121 Å². The molecule has 5 rings (SSSR count). The van der Waals surface area contributed by atoms with Gasteiger partial charge in [0.15, 0.2) is 0 Å². The summed E-state index contributed by atoms with van der Waals surface area (Å²) < 4.78 is 8.52. The molecule has 43 heavy (non-hydrogen) atoms. The van der Waals surface area contributed by atoms with E-state index in [9.17, 15) is 19.2 Å². The molecule has 1 unspecified atom stereocenters. The molecule has 3 aliphatic heterocycles. The number of carbonyl (C=O) groups is 3. The van der Waals surface area contributed by atoms with Crippen molar-refractivity contribution in [1.82, 2.24) is 34.5 Å². The predicted octanol–water partition coefficient (Wildman–Crippen LogP) is 1.81. The van der Waals surface area contributed by atoms with E-state index in [0.29, 0.717) is 6.42 Å². The number of hydrogen-bond acceptors (Lipinski definition) is 8. The lowest BCUT2D eigenvalue weighted by Gasteiger charge is -2.36. The fourth-order valence-corrected chi connectivity index (χ4v) is 6.46. The van der Waals surface area contributed by atoms with Crippen LogP contribution >= 0.6 is 0 Å². The van der Waals surface area contributed by atoms with Crippen LogP contribution in [0.5, 0.6) is 0 Å². The number of ether oxygens (including phenoxy) is 1. The second-order valence-corrected chi connectivity index (χ2v) is 13.2. The first-order chi connectivity index (χ1) is 20.5. The van der Waals surface area contributed by atoms with Gasteiger partial charge in [-0.1, -0.05) is 6.07 Å². The highest BCUT2D eigenvalue weighted by molar-refractivity contribution is 6.00. The zero-order valence-electron chi connectivity index (χ0n) is 26.1. The minimum absolute atomic E-state index is 0.190. The lowest BCUT2D eigenvalue weighted by atomic mass is 10.1. The molecule has 236 valence electrons. The van der Waals surface area contributed by atoms with Crippen LogP contribution in [-0.4, -0.2) is 106 Å². The Kier molecular flexibility index (Phi) is 9.57. The van der Waals surface area contributed by atoms with E-state index in [-0.39, 0.29) is 30.2 Å². The number of benzene rings is 1. The highest BCUT2D eigenvalue weighted by Crippen LogP contribution is 2.24. The molecule has 1 aromatic heterocycles. The van der Waals surface area contributed by atoms with Crippen molar-refractivity contribution in [3.05, 3.63) is 34.2 Å². The van der Waals surface area contributed by atoms with Crippen molar-refractivity contribution in [1.29, 1.82) is 0 Å². The SMILES string of the molecule is Cn1c(=O)n(C2CCC(=O)NC2=O)c2ccc(CN3CCN(CCCN4CCC(NC(=O)OC(C)(C)C)CC4)CC3)cc21. The summed E-state index contributed by atoms with van der Waals surface area (Å²) >= 11 is 0. The van der Waals surface area contributed by atoms with Gasteiger partial charge in [0.25, 0.3) is 0 Å². The zero-order valence-corrected chi connectivity index (χ0v) is 26.1. The smallest absolute Gasteiger partial charge is 0.407 e. The number of aryl methyl sites for hydroxylation is 1. The van der Waals surface area contributed by atoms with Crippen molar-refractivity contribution >= 4 is 28.9 Å². The van der Waals surface area contributed by atoms with Gasteiger partial charge in [-0.2, -0.15) is 0 Å². The molecule has 3 amide bonds. The van der Waals surface area contributed by atoms with Gasteiger partial charge in [-0.15, -0.1) is 0 Å². The molecule has 4 heterocycles. The normalized spacial score (nSPS) is 21.7. The van der Waals surface area contributed by atoms with E-state index in [1.54, 1.807) is 11.6 Å². The molecule has 2 N–H and O–H groups in total. The van der Waals surface area contributed by atoms with Crippen LogP contribution in [0.4, 0.5) is 4.79 Å². The minimum Gasteiger partial charge on any atom is -0.444 e. The third-order valence-electron chi connectivity index (χ3n) is 8.80. The lowest BCUT2D eigenvalue weighted by Crippen LogP contribution is -2.47. The van der Waals surface area contributed by atoms with Crippen LogP contribution in [0.15, 0.2) is 23.0 Å². The summed E-state index contributed by atoms with van der Waals surface area (Å²) in [4.78, 5) is 56.7. The molecule has 12 heteroatoms. The molecule has 3 fully saturated rings. The number of likely N-dealkylation sites (tertiary alicyclic amines) is 1. The van der Waals surface area contributed by atoms with Crippen LogP contribution < -0.4 is 16.3 Å². The largest absolute Gasteiger partial charge is 0.444 e. The van der Waals surface area contributed by atoms with E-state index >= 15 is 0 Å². The Morgan fingerprint density at radius 2 is 1.58 bits per heavy atom. The van der Waals surface area contributed by atoms with Gasteiger partial charge >= 0.3 is 11.8 Å². The summed E-state index contributed by atoms with van der Waals surface area (Å²) in [5.41, 5.74) is 1.95. The Bertz CT molecular complexity index is 1380. The first kappa shape index (κ1) is 31.2. The lowest BCUT2D eigenvalue weighted by molar-refractivity contribution is -0.135. The van der Waals surface area contributed by atoms with E-state index in [0.717, 1.165) is 94.8 Å². The number of aromatic nitrogens is 2. The summed E-state index contributed by atoms with van der Waals surface area (Å²) in [5.74, 6) is -0.701. The Labute approximate surface area is 253 Å². The number of amides is 3. The van der Waals surface area contributed by atoms with Gasteiger partial charge in [-0.25, -0.2) is 9.59 Å². The van der Waals surface area contributed by atoms with E-state index in [1.807, 2.05) is 32.9 Å². The van der Waals surface area contributed by atoms with Crippen LogP contribution in [0.1, 0.15) is 64.5 Å². The number of fused-ring (bicyclic) bond motifs is 1. The second-order valence-electron chi connectivity index (χ2n) is 13.2. The molecule has 0 bridgehead atoms. The molecule has 3 aliphatic rings. The fraction of sp³-hybridized carbons (Fsp3) is 0.677. The molecule has 0 saturated carbocycles. The van der Waals surface area contributed by atoms with Crippen molar-refractivity contribution in [3.63, 3.8) is 0 Å². The van der Waals surface area contributed by atoms with Crippen molar-refractivity contribution in [2.45, 2.75) is 77.1 Å². The molecular weight excluding hydrogens is 550 g/mol. The van der Waals surface area contributed by atoms with Crippen molar-refractivity contribution in [2.24, 2.45) is 7.05 Å². The number of hydrogen-bond donors (Lipinski definition) is 2. The van der Waals surface area contributed by atoms with E-state index < -0.39 is 17.6 Å². The molecule has 2 aromatic rings. The van der Waals surface area contributed by atoms with E-state index in [4.69, 9.17) is 4.74 Å². The summed E-state index contributed by atoms with van der Waals surface area (Å²) in [7, 11) is 1.73. The summed E-state index contributed by atoms with van der Waals surface area (Å²) in [6.45, 7) is 14.7. The highest BCUT2D eigenvalue weighted by atomic mass is 16.6. The number of rotatable bonds is 8. The highest BCUT2D eigenvalue weighted by Gasteiger charge is 2.31. The average Bonchev–Trinajstić information content (AvgIpc) is 3.19. The first-order valence-electron chi connectivity index (χ1n) is 15.7. The van der Waals surface area contributed by atoms with Crippen LogP contribution in [0, 0.1) is 0 Å². The van der Waals surface area contributed by atoms with Crippen molar-refractivity contribution in [2.75, 3.05) is 52.4 Å². The molecule has 12 nitrogen and oxygen atoms in total. The molecule has 0 aliphatic carbocycles. The van der Waals surface area contributed by atoms with Crippen molar-refractivity contribution in [3.8, 4) is 0 Å². The molecule has 1 aromatic carbocycles. The number of carbonyl (C=O) groups excluding carboxylic acids is 3. The number of nitrogens with one attached hydrogen (secondary N) is 2. The maximum absolute atomic E-state index is 13.1. The van der Waals surface area contributed by atoms with Gasteiger partial charge in [0.2, 0.25) is 11.8 Å². The van der Waals surface area contributed by atoms with Gasteiger partial charge in [-0.3, -0.25) is 28.9 Å². The van der Waals surface area contributed by atoms with Gasteiger partial charge in [-0.05, 0) is 77.2 Å².